The maximum absolute atomic E-state index is 13.1. The molecule has 252 valence electrons. The zero-order chi connectivity index (χ0) is 34.5. The fourth-order valence-electron chi connectivity index (χ4n) is 4.43. The fourth-order valence-corrected chi connectivity index (χ4v) is 4.43. The minimum atomic E-state index is -0.944. The molecule has 1 atom stereocenters. The third-order valence-corrected chi connectivity index (χ3v) is 7.16. The summed E-state index contributed by atoms with van der Waals surface area (Å²) >= 11 is 0. The molecule has 0 saturated carbocycles. The number of ether oxygens (including phenoxy) is 6. The molecule has 0 aromatic heterocycles. The van der Waals surface area contributed by atoms with Gasteiger partial charge in [-0.3, -0.25) is 9.59 Å². The van der Waals surface area contributed by atoms with E-state index in [0.717, 1.165) is 0 Å². The van der Waals surface area contributed by atoms with Gasteiger partial charge < -0.3 is 33.7 Å². The molecule has 0 spiro atoms. The lowest BCUT2D eigenvalue weighted by atomic mass is 9.72. The van der Waals surface area contributed by atoms with E-state index in [1.165, 1.54) is 32.4 Å². The van der Waals surface area contributed by atoms with Crippen molar-refractivity contribution in [2.45, 2.75) is 66.8 Å². The van der Waals surface area contributed by atoms with Crippen molar-refractivity contribution in [2.24, 2.45) is 10.8 Å². The van der Waals surface area contributed by atoms with E-state index in [1.807, 2.05) is 27.7 Å². The molecule has 2 rings (SSSR count). The lowest BCUT2D eigenvalue weighted by molar-refractivity contribution is -0.167. The predicted octanol–water partition coefficient (Wildman–Crippen LogP) is 5.74. The Morgan fingerprint density at radius 1 is 0.848 bits per heavy atom. The van der Waals surface area contributed by atoms with Crippen LogP contribution < -0.4 is 19.5 Å². The van der Waals surface area contributed by atoms with Gasteiger partial charge in [0, 0.05) is 18.2 Å². The van der Waals surface area contributed by atoms with Gasteiger partial charge >= 0.3 is 23.9 Å². The summed E-state index contributed by atoms with van der Waals surface area (Å²) in [6, 6.07) is 11.0. The highest BCUT2D eigenvalue weighted by atomic mass is 16.7. The van der Waals surface area contributed by atoms with Gasteiger partial charge in [0.25, 0.3) is 0 Å². The largest absolute Gasteiger partial charge is 0.493 e. The number of benzene rings is 2. The number of methoxy groups -OCH3 is 2. The molecular weight excluding hydrogens is 594 g/mol. The number of carbonyl (C=O) groups is 4. The average molecular weight is 642 g/mol. The van der Waals surface area contributed by atoms with Crippen molar-refractivity contribution in [3.8, 4) is 17.2 Å². The Balaban J connectivity index is 1.92. The Kier molecular flexibility index (Phi) is 13.8. The Morgan fingerprint density at radius 2 is 1.52 bits per heavy atom. The first-order chi connectivity index (χ1) is 21.5. The molecule has 2 aromatic rings. The quantitative estimate of drug-likeness (QED) is 0.0600. The highest BCUT2D eigenvalue weighted by Gasteiger charge is 2.43. The summed E-state index contributed by atoms with van der Waals surface area (Å²) in [7, 11) is 2.72. The van der Waals surface area contributed by atoms with Crippen molar-refractivity contribution < 1.29 is 47.6 Å². The van der Waals surface area contributed by atoms with Crippen LogP contribution in [-0.2, 0) is 28.6 Å². The highest BCUT2D eigenvalue weighted by Crippen LogP contribution is 2.38. The lowest BCUT2D eigenvalue weighted by Crippen LogP contribution is -2.41. The molecule has 0 fully saturated rings. The topological polar surface area (TPSA) is 136 Å². The third-order valence-electron chi connectivity index (χ3n) is 7.16. The first-order valence-electron chi connectivity index (χ1n) is 15.0. The van der Waals surface area contributed by atoms with Crippen molar-refractivity contribution >= 4 is 30.0 Å². The van der Waals surface area contributed by atoms with Crippen LogP contribution in [0.3, 0.4) is 0 Å². The van der Waals surface area contributed by atoms with Gasteiger partial charge in [-0.15, -0.1) is 0 Å². The van der Waals surface area contributed by atoms with Crippen molar-refractivity contribution in [1.82, 2.24) is 5.32 Å². The van der Waals surface area contributed by atoms with Crippen molar-refractivity contribution in [3.05, 3.63) is 59.7 Å². The number of carbonyl (C=O) groups excluding carboxylic acids is 4. The van der Waals surface area contributed by atoms with Crippen molar-refractivity contribution in [2.75, 3.05) is 34.2 Å². The standard InChI is InChI=1S/C35H47NO10/c1-10-35(7,22-34(5,6)31(39)43-20-19-36-33(2,3)4)32(40)45-23-44-26-15-13-25(14-16-26)30(38)46-27-17-11-24(21-28(27)41-8)12-18-29(37)42-9/h11-18,21,36H,10,19-20,22-23H2,1-9H3/b18-12+. The molecule has 11 heteroatoms. The van der Waals surface area contributed by atoms with Crippen LogP contribution in [0.1, 0.15) is 77.2 Å². The van der Waals surface area contributed by atoms with Crippen LogP contribution in [0.2, 0.25) is 0 Å². The molecule has 11 nitrogen and oxygen atoms in total. The summed E-state index contributed by atoms with van der Waals surface area (Å²) in [5.41, 5.74) is -1.04. The van der Waals surface area contributed by atoms with Gasteiger partial charge in [0.2, 0.25) is 6.79 Å². The monoisotopic (exact) mass is 641 g/mol. The van der Waals surface area contributed by atoms with Crippen molar-refractivity contribution in [3.63, 3.8) is 0 Å². The molecule has 0 aliphatic carbocycles. The summed E-state index contributed by atoms with van der Waals surface area (Å²) in [6.07, 6.45) is 3.49. The van der Waals surface area contributed by atoms with Crippen LogP contribution >= 0.6 is 0 Å². The molecular formula is C35H47NO10. The summed E-state index contributed by atoms with van der Waals surface area (Å²) in [6.45, 7) is 13.6. The second-order valence-electron chi connectivity index (χ2n) is 12.7. The molecule has 46 heavy (non-hydrogen) atoms. The van der Waals surface area contributed by atoms with Gasteiger partial charge in [0.05, 0.1) is 30.6 Å². The zero-order valence-corrected chi connectivity index (χ0v) is 28.3. The number of hydrogen-bond acceptors (Lipinski definition) is 11. The minimum Gasteiger partial charge on any atom is -0.493 e. The van der Waals surface area contributed by atoms with Gasteiger partial charge in [0.15, 0.2) is 11.5 Å². The van der Waals surface area contributed by atoms with E-state index in [0.29, 0.717) is 30.0 Å². The molecule has 0 radical (unpaired) electrons. The smallest absolute Gasteiger partial charge is 0.343 e. The Labute approximate surface area is 271 Å². The molecule has 0 heterocycles. The Morgan fingerprint density at radius 3 is 2.11 bits per heavy atom. The second-order valence-corrected chi connectivity index (χ2v) is 12.7. The van der Waals surface area contributed by atoms with E-state index in [-0.39, 0.29) is 42.6 Å². The summed E-state index contributed by atoms with van der Waals surface area (Å²) in [5.74, 6) is -1.13. The SMILES string of the molecule is CCC(C)(CC(C)(C)C(=O)OCCNC(C)(C)C)C(=O)OCOc1ccc(C(=O)Oc2ccc(/C=C/C(=O)OC)cc2OC)cc1. The maximum Gasteiger partial charge on any atom is 0.343 e. The Hall–Kier alpha value is -4.38. The van der Waals surface area contributed by atoms with Gasteiger partial charge in [-0.1, -0.05) is 13.0 Å². The van der Waals surface area contributed by atoms with Crippen LogP contribution in [0.15, 0.2) is 48.5 Å². The molecule has 0 amide bonds. The molecule has 1 unspecified atom stereocenters. The fraction of sp³-hybridized carbons (Fsp3) is 0.486. The van der Waals surface area contributed by atoms with E-state index in [2.05, 4.69) is 10.1 Å². The van der Waals surface area contributed by atoms with E-state index in [1.54, 1.807) is 57.2 Å². The normalized spacial score (nSPS) is 13.0. The summed E-state index contributed by atoms with van der Waals surface area (Å²) in [4.78, 5) is 50.0. The minimum absolute atomic E-state index is 0.0844. The Bertz CT molecular complexity index is 1370. The first kappa shape index (κ1) is 37.8. The zero-order valence-electron chi connectivity index (χ0n) is 28.3. The van der Waals surface area contributed by atoms with Gasteiger partial charge in [-0.25, -0.2) is 9.59 Å². The molecule has 0 bridgehead atoms. The van der Waals surface area contributed by atoms with Gasteiger partial charge in [-0.2, -0.15) is 0 Å². The number of hydrogen-bond donors (Lipinski definition) is 1. The molecule has 1 N–H and O–H groups in total. The third kappa shape index (κ3) is 11.8. The van der Waals surface area contributed by atoms with E-state index >= 15 is 0 Å². The molecule has 0 saturated heterocycles. The number of esters is 4. The summed E-state index contributed by atoms with van der Waals surface area (Å²) in [5, 5.41) is 3.27. The molecule has 0 aliphatic rings. The second kappa shape index (κ2) is 16.8. The highest BCUT2D eigenvalue weighted by molar-refractivity contribution is 5.91. The van der Waals surface area contributed by atoms with Gasteiger partial charge in [0.1, 0.15) is 12.4 Å². The van der Waals surface area contributed by atoms with E-state index in [9.17, 15) is 19.2 Å². The first-order valence-corrected chi connectivity index (χ1v) is 15.0. The van der Waals surface area contributed by atoms with Crippen LogP contribution in [0, 0.1) is 10.8 Å². The van der Waals surface area contributed by atoms with Crippen molar-refractivity contribution in [1.29, 1.82) is 0 Å². The van der Waals surface area contributed by atoms with Crippen LogP contribution in [-0.4, -0.2) is 63.6 Å². The maximum atomic E-state index is 13.1. The number of rotatable bonds is 16. The lowest BCUT2D eigenvalue weighted by Gasteiger charge is -2.33. The molecule has 2 aromatic carbocycles. The van der Waals surface area contributed by atoms with Crippen LogP contribution in [0.5, 0.6) is 17.2 Å². The van der Waals surface area contributed by atoms with Crippen LogP contribution in [0.4, 0.5) is 0 Å². The average Bonchev–Trinajstić information content (AvgIpc) is 3.01. The molecule has 0 aliphatic heterocycles. The van der Waals surface area contributed by atoms with E-state index < -0.39 is 28.7 Å². The van der Waals surface area contributed by atoms with Crippen LogP contribution in [0.25, 0.3) is 6.08 Å². The summed E-state index contributed by atoms with van der Waals surface area (Å²) < 4.78 is 31.9. The number of nitrogens with one attached hydrogen (secondary N) is 1. The predicted molar refractivity (Wildman–Crippen MR) is 173 cm³/mol. The van der Waals surface area contributed by atoms with Gasteiger partial charge in [-0.05, 0) is 102 Å². The van der Waals surface area contributed by atoms with E-state index in [4.69, 9.17) is 23.7 Å².